The van der Waals surface area contributed by atoms with Gasteiger partial charge in [-0.25, -0.2) is 0 Å². The van der Waals surface area contributed by atoms with Crippen molar-refractivity contribution in [1.82, 2.24) is 0 Å². The van der Waals surface area contributed by atoms with Crippen LogP contribution in [-0.2, 0) is 0 Å². The van der Waals surface area contributed by atoms with Crippen LogP contribution in [0.3, 0.4) is 0 Å². The Bertz CT molecular complexity index is 689. The maximum Gasteiger partial charge on any atom is 0.273 e. The van der Waals surface area contributed by atoms with E-state index in [1.807, 2.05) is 26.0 Å². The molecule has 118 valence electrons. The molecule has 22 heavy (non-hydrogen) atoms. The van der Waals surface area contributed by atoms with Crippen LogP contribution in [0.25, 0.3) is 0 Å². The van der Waals surface area contributed by atoms with Crippen molar-refractivity contribution in [1.29, 1.82) is 0 Å². The van der Waals surface area contributed by atoms with Crippen LogP contribution in [0.4, 0.5) is 11.4 Å². The molecular formula is C16H18Br2N2O2. The maximum absolute atomic E-state index is 10.5. The van der Waals surface area contributed by atoms with E-state index in [2.05, 4.69) is 38.8 Å². The van der Waals surface area contributed by atoms with Crippen molar-refractivity contribution in [2.24, 2.45) is 0 Å². The minimum absolute atomic E-state index is 0.160. The number of hydrogen-bond donors (Lipinski definition) is 1. The Balaban J connectivity index is 0.000000224. The van der Waals surface area contributed by atoms with E-state index in [0.717, 1.165) is 25.8 Å². The first kappa shape index (κ1) is 18.6. The van der Waals surface area contributed by atoms with Crippen LogP contribution in [0.2, 0.25) is 0 Å². The number of aryl methyl sites for hydroxylation is 2. The van der Waals surface area contributed by atoms with Crippen molar-refractivity contribution in [3.63, 3.8) is 0 Å². The summed E-state index contributed by atoms with van der Waals surface area (Å²) in [6.45, 7) is 7.69. The molecule has 0 radical (unpaired) electrons. The third kappa shape index (κ3) is 4.30. The molecule has 0 heterocycles. The highest BCUT2D eigenvalue weighted by Crippen LogP contribution is 2.28. The quantitative estimate of drug-likeness (QED) is 0.363. The topological polar surface area (TPSA) is 69.2 Å². The van der Waals surface area contributed by atoms with E-state index in [9.17, 15) is 10.1 Å². The summed E-state index contributed by atoms with van der Waals surface area (Å²) in [5.41, 5.74) is 10.7. The highest BCUT2D eigenvalue weighted by atomic mass is 79.9. The molecule has 0 spiro atoms. The van der Waals surface area contributed by atoms with Crippen LogP contribution in [0.15, 0.2) is 33.2 Å². The number of anilines is 1. The van der Waals surface area contributed by atoms with Crippen LogP contribution in [0.5, 0.6) is 0 Å². The van der Waals surface area contributed by atoms with Gasteiger partial charge in [0.15, 0.2) is 0 Å². The van der Waals surface area contributed by atoms with Gasteiger partial charge in [0.1, 0.15) is 0 Å². The van der Waals surface area contributed by atoms with E-state index in [-0.39, 0.29) is 10.6 Å². The number of benzene rings is 2. The summed E-state index contributed by atoms with van der Waals surface area (Å²) in [5.74, 6) is 0. The lowest BCUT2D eigenvalue weighted by Gasteiger charge is -2.04. The number of nitrogens with two attached hydrogens (primary N) is 1. The highest BCUT2D eigenvalue weighted by Gasteiger charge is 2.13. The van der Waals surface area contributed by atoms with Gasteiger partial charge >= 0.3 is 0 Å². The van der Waals surface area contributed by atoms with Gasteiger partial charge < -0.3 is 5.73 Å². The van der Waals surface area contributed by atoms with E-state index >= 15 is 0 Å². The molecule has 0 saturated carbocycles. The molecule has 0 unspecified atom stereocenters. The number of nitro groups is 1. The number of halogens is 2. The van der Waals surface area contributed by atoms with Gasteiger partial charge in [-0.15, -0.1) is 0 Å². The van der Waals surface area contributed by atoms with Gasteiger partial charge in [0.05, 0.1) is 4.92 Å². The lowest BCUT2D eigenvalue weighted by molar-refractivity contribution is -0.385. The predicted molar refractivity (Wildman–Crippen MR) is 98.3 cm³/mol. The van der Waals surface area contributed by atoms with E-state index < -0.39 is 0 Å². The Labute approximate surface area is 147 Å². The highest BCUT2D eigenvalue weighted by molar-refractivity contribution is 9.10. The minimum atomic E-state index is -0.375. The van der Waals surface area contributed by atoms with Crippen LogP contribution >= 0.6 is 31.9 Å². The zero-order valence-corrected chi connectivity index (χ0v) is 16.1. The lowest BCUT2D eigenvalue weighted by atomic mass is 10.1. The molecule has 0 aromatic heterocycles. The Hall–Kier alpha value is -1.40. The fourth-order valence-corrected chi connectivity index (χ4v) is 2.54. The van der Waals surface area contributed by atoms with Crippen molar-refractivity contribution in [3.05, 3.63) is 65.6 Å². The smallest absolute Gasteiger partial charge is 0.273 e. The standard InChI is InChI=1S/C8H8BrNO2.C8H10BrN/c1-5-3-4-7(10(11)12)6(2)8(5)9;1-5-3-4-7(10)6(2)8(5)9/h3-4H,1-2H3;3-4H,10H2,1-2H3. The SMILES string of the molecule is Cc1ccc(N)c(C)c1Br.Cc1ccc([N+](=O)[O-])c(C)c1Br. The summed E-state index contributed by atoms with van der Waals surface area (Å²) in [6.07, 6.45) is 0. The number of nitro benzene ring substituents is 1. The number of nitrogens with zero attached hydrogens (tertiary/aromatic N) is 1. The molecule has 6 heteroatoms. The first-order valence-electron chi connectivity index (χ1n) is 6.58. The second-order valence-corrected chi connectivity index (χ2v) is 6.59. The van der Waals surface area contributed by atoms with Crippen LogP contribution in [-0.4, -0.2) is 4.92 Å². The summed E-state index contributed by atoms with van der Waals surface area (Å²) in [7, 11) is 0. The van der Waals surface area contributed by atoms with Gasteiger partial charge in [-0.3, -0.25) is 10.1 Å². The van der Waals surface area contributed by atoms with Crippen LogP contribution < -0.4 is 5.73 Å². The molecular weight excluding hydrogens is 412 g/mol. The molecule has 4 nitrogen and oxygen atoms in total. The third-order valence-corrected chi connectivity index (χ3v) is 5.81. The largest absolute Gasteiger partial charge is 0.398 e. The molecule has 0 atom stereocenters. The van der Waals surface area contributed by atoms with Crippen molar-refractivity contribution in [3.8, 4) is 0 Å². The molecule has 0 aliphatic carbocycles. The molecule has 0 amide bonds. The molecule has 0 bridgehead atoms. The second kappa shape index (κ2) is 7.74. The summed E-state index contributed by atoms with van der Waals surface area (Å²) >= 11 is 6.74. The molecule has 2 aromatic carbocycles. The van der Waals surface area contributed by atoms with Gasteiger partial charge in [0.2, 0.25) is 0 Å². The Morgan fingerprint density at radius 1 is 0.909 bits per heavy atom. The zero-order chi connectivity index (χ0) is 17.0. The van der Waals surface area contributed by atoms with Crippen molar-refractivity contribution in [2.45, 2.75) is 27.7 Å². The summed E-state index contributed by atoms with van der Waals surface area (Å²) in [6, 6.07) is 7.19. The van der Waals surface area contributed by atoms with Crippen LogP contribution in [0, 0.1) is 37.8 Å². The summed E-state index contributed by atoms with van der Waals surface area (Å²) in [4.78, 5) is 10.1. The molecule has 0 aliphatic heterocycles. The fraction of sp³-hybridized carbons (Fsp3) is 0.250. The van der Waals surface area contributed by atoms with Crippen LogP contribution in [0.1, 0.15) is 22.3 Å². The van der Waals surface area contributed by atoms with Gasteiger partial charge in [0, 0.05) is 26.3 Å². The fourth-order valence-electron chi connectivity index (χ4n) is 1.84. The van der Waals surface area contributed by atoms with Gasteiger partial charge in [0.25, 0.3) is 5.69 Å². The van der Waals surface area contributed by atoms with Crippen molar-refractivity contribution >= 4 is 43.2 Å². The minimum Gasteiger partial charge on any atom is -0.398 e. The lowest BCUT2D eigenvalue weighted by Crippen LogP contribution is -1.93. The van der Waals surface area contributed by atoms with Crippen molar-refractivity contribution < 1.29 is 4.92 Å². The van der Waals surface area contributed by atoms with E-state index in [1.165, 1.54) is 11.6 Å². The first-order valence-corrected chi connectivity index (χ1v) is 8.16. The Morgan fingerprint density at radius 2 is 1.36 bits per heavy atom. The Morgan fingerprint density at radius 3 is 1.82 bits per heavy atom. The molecule has 2 aromatic rings. The first-order chi connectivity index (χ1) is 10.2. The average Bonchev–Trinajstić information content (AvgIpc) is 2.47. The average molecular weight is 430 g/mol. The molecule has 2 N–H and O–H groups in total. The Kier molecular flexibility index (Phi) is 6.56. The maximum atomic E-state index is 10.5. The predicted octanol–water partition coefficient (Wildman–Crippen LogP) is 5.62. The van der Waals surface area contributed by atoms with Gasteiger partial charge in [-0.05, 0) is 66.4 Å². The number of nitrogen functional groups attached to an aromatic ring is 1. The van der Waals surface area contributed by atoms with Crippen molar-refractivity contribution in [2.75, 3.05) is 5.73 Å². The third-order valence-electron chi connectivity index (χ3n) is 3.37. The monoisotopic (exact) mass is 428 g/mol. The van der Waals surface area contributed by atoms with E-state index in [0.29, 0.717) is 5.56 Å². The van der Waals surface area contributed by atoms with E-state index in [1.54, 1.807) is 13.0 Å². The molecule has 0 aliphatic rings. The number of hydrogen-bond acceptors (Lipinski definition) is 3. The molecule has 2 rings (SSSR count). The summed E-state index contributed by atoms with van der Waals surface area (Å²) < 4.78 is 1.93. The normalized spacial score (nSPS) is 9.91. The van der Waals surface area contributed by atoms with E-state index in [4.69, 9.17) is 5.73 Å². The molecule has 0 saturated heterocycles. The zero-order valence-electron chi connectivity index (χ0n) is 12.9. The number of rotatable bonds is 1. The molecule has 0 fully saturated rings. The second-order valence-electron chi connectivity index (χ2n) is 5.01. The van der Waals surface area contributed by atoms with Gasteiger partial charge in [-0.1, -0.05) is 28.1 Å². The summed E-state index contributed by atoms with van der Waals surface area (Å²) in [5, 5.41) is 10.5. The van der Waals surface area contributed by atoms with Gasteiger partial charge in [-0.2, -0.15) is 0 Å².